The fraction of sp³-hybridized carbons (Fsp3) is 0.333. The van der Waals surface area contributed by atoms with Crippen LogP contribution in [0, 0.1) is 0 Å². The molecule has 0 saturated heterocycles. The molecule has 2 aromatic heterocycles. The molecule has 1 fully saturated rings. The zero-order valence-electron chi connectivity index (χ0n) is 12.8. The summed E-state index contributed by atoms with van der Waals surface area (Å²) in [6, 6.07) is 12.2. The largest absolute Gasteiger partial charge is 0.285 e. The maximum absolute atomic E-state index is 4.73. The van der Waals surface area contributed by atoms with Gasteiger partial charge in [-0.25, -0.2) is 0 Å². The van der Waals surface area contributed by atoms with Crippen LogP contribution in [-0.4, -0.2) is 34.5 Å². The van der Waals surface area contributed by atoms with Crippen LogP contribution in [0.3, 0.4) is 0 Å². The summed E-state index contributed by atoms with van der Waals surface area (Å²) in [6.07, 6.45) is 12.0. The van der Waals surface area contributed by atoms with E-state index >= 15 is 0 Å². The Kier molecular flexibility index (Phi) is 7.11. The Morgan fingerprint density at radius 1 is 0.783 bits per heavy atom. The molecule has 5 heteroatoms. The first-order valence-corrected chi connectivity index (χ1v) is 7.80. The summed E-state index contributed by atoms with van der Waals surface area (Å²) < 4.78 is 0. The van der Waals surface area contributed by atoms with Crippen molar-refractivity contribution < 1.29 is 17.1 Å². The summed E-state index contributed by atoms with van der Waals surface area (Å²) in [5.74, 6) is 0. The molecule has 2 heterocycles. The van der Waals surface area contributed by atoms with Crippen molar-refractivity contribution in [2.24, 2.45) is 9.98 Å². The first-order chi connectivity index (χ1) is 10.9. The number of hydrogen-bond acceptors (Lipinski definition) is 4. The standard InChI is InChI=1S/C18H20N4.Cu/c1-2-10-18(22-14-16-8-4-6-12-20-16)17(9-1)21-13-15-7-3-5-11-19-15;/h3-8,11-14,17-18H,1-2,9-10H2;. The first kappa shape index (κ1) is 17.5. The van der Waals surface area contributed by atoms with Crippen LogP contribution >= 0.6 is 0 Å². The number of aromatic nitrogens is 2. The second-order valence-corrected chi connectivity index (χ2v) is 5.48. The molecule has 1 saturated carbocycles. The van der Waals surface area contributed by atoms with E-state index in [9.17, 15) is 0 Å². The molecule has 0 bridgehead atoms. The molecule has 1 aliphatic rings. The maximum Gasteiger partial charge on any atom is 0.0807 e. The second-order valence-electron chi connectivity index (χ2n) is 5.48. The Labute approximate surface area is 147 Å². The fourth-order valence-electron chi connectivity index (χ4n) is 2.69. The van der Waals surface area contributed by atoms with Crippen LogP contribution in [0.4, 0.5) is 0 Å². The van der Waals surface area contributed by atoms with Gasteiger partial charge in [0.1, 0.15) is 0 Å². The average molecular weight is 356 g/mol. The smallest absolute Gasteiger partial charge is 0.0807 e. The van der Waals surface area contributed by atoms with E-state index in [-0.39, 0.29) is 29.2 Å². The van der Waals surface area contributed by atoms with Crippen molar-refractivity contribution in [3.05, 3.63) is 60.2 Å². The Balaban J connectivity index is 0.00000192. The van der Waals surface area contributed by atoms with Gasteiger partial charge in [-0.15, -0.1) is 0 Å². The van der Waals surface area contributed by atoms with Gasteiger partial charge in [0.2, 0.25) is 0 Å². The second kappa shape index (κ2) is 9.33. The van der Waals surface area contributed by atoms with Crippen molar-refractivity contribution in [1.29, 1.82) is 0 Å². The summed E-state index contributed by atoms with van der Waals surface area (Å²) in [6.45, 7) is 0. The molecule has 0 aromatic carbocycles. The van der Waals surface area contributed by atoms with Crippen LogP contribution in [0.2, 0.25) is 0 Å². The van der Waals surface area contributed by atoms with Gasteiger partial charge in [-0.1, -0.05) is 25.0 Å². The molecule has 0 spiro atoms. The molecule has 0 aliphatic heterocycles. The SMILES string of the molecule is C(=NC1CCCCC1N=Cc1ccccn1)c1ccccn1.[Cu]. The normalized spacial score (nSPS) is 21.4. The molecular weight excluding hydrogens is 336 g/mol. The molecule has 123 valence electrons. The third kappa shape index (κ3) is 5.38. The van der Waals surface area contributed by atoms with E-state index in [1.165, 1.54) is 12.8 Å². The summed E-state index contributed by atoms with van der Waals surface area (Å²) in [5.41, 5.74) is 1.81. The molecule has 2 aromatic rings. The number of hydrogen-bond donors (Lipinski definition) is 0. The predicted molar refractivity (Wildman–Crippen MR) is 89.7 cm³/mol. The number of aliphatic imine (C=N–C) groups is 2. The van der Waals surface area contributed by atoms with E-state index < -0.39 is 0 Å². The molecule has 1 radical (unpaired) electrons. The van der Waals surface area contributed by atoms with Crippen LogP contribution in [0.25, 0.3) is 0 Å². The number of pyridine rings is 2. The van der Waals surface area contributed by atoms with E-state index in [4.69, 9.17) is 9.98 Å². The van der Waals surface area contributed by atoms with Gasteiger partial charge in [0, 0.05) is 41.9 Å². The minimum atomic E-state index is 0. The Morgan fingerprint density at radius 2 is 1.26 bits per heavy atom. The van der Waals surface area contributed by atoms with Gasteiger partial charge >= 0.3 is 0 Å². The van der Waals surface area contributed by atoms with Gasteiger partial charge < -0.3 is 0 Å². The van der Waals surface area contributed by atoms with Crippen LogP contribution in [0.15, 0.2) is 58.8 Å². The van der Waals surface area contributed by atoms with Gasteiger partial charge in [0.15, 0.2) is 0 Å². The molecule has 3 rings (SSSR count). The maximum atomic E-state index is 4.73. The van der Waals surface area contributed by atoms with Gasteiger partial charge in [-0.2, -0.15) is 0 Å². The number of rotatable bonds is 4. The predicted octanol–water partition coefficient (Wildman–Crippen LogP) is 3.32. The van der Waals surface area contributed by atoms with E-state index in [0.717, 1.165) is 24.2 Å². The Morgan fingerprint density at radius 3 is 1.65 bits per heavy atom. The third-order valence-electron chi connectivity index (χ3n) is 3.87. The monoisotopic (exact) mass is 355 g/mol. The zero-order chi connectivity index (χ0) is 15.0. The van der Waals surface area contributed by atoms with Crippen LogP contribution in [-0.2, 0) is 17.1 Å². The molecule has 2 unspecified atom stereocenters. The van der Waals surface area contributed by atoms with Crippen LogP contribution in [0.1, 0.15) is 37.1 Å². The fourth-order valence-corrected chi connectivity index (χ4v) is 2.69. The third-order valence-corrected chi connectivity index (χ3v) is 3.87. The van der Waals surface area contributed by atoms with Gasteiger partial charge in [-0.05, 0) is 37.1 Å². The van der Waals surface area contributed by atoms with Gasteiger partial charge in [0.25, 0.3) is 0 Å². The molecular formula is C18H20CuN4. The molecule has 0 amide bonds. The van der Waals surface area contributed by atoms with E-state index in [2.05, 4.69) is 9.97 Å². The minimum absolute atomic E-state index is 0. The molecule has 4 nitrogen and oxygen atoms in total. The Bertz CT molecular complexity index is 570. The van der Waals surface area contributed by atoms with Crippen molar-refractivity contribution in [3.8, 4) is 0 Å². The van der Waals surface area contributed by atoms with Crippen LogP contribution < -0.4 is 0 Å². The summed E-state index contributed by atoms with van der Waals surface area (Å²) in [4.78, 5) is 18.0. The molecule has 1 aliphatic carbocycles. The van der Waals surface area contributed by atoms with E-state index in [0.29, 0.717) is 0 Å². The first-order valence-electron chi connectivity index (χ1n) is 7.80. The van der Waals surface area contributed by atoms with Crippen molar-refractivity contribution in [2.75, 3.05) is 0 Å². The summed E-state index contributed by atoms with van der Waals surface area (Å²) >= 11 is 0. The van der Waals surface area contributed by atoms with Crippen molar-refractivity contribution in [2.45, 2.75) is 37.8 Å². The van der Waals surface area contributed by atoms with Gasteiger partial charge in [0.05, 0.1) is 23.5 Å². The van der Waals surface area contributed by atoms with E-state index in [1.54, 1.807) is 12.4 Å². The van der Waals surface area contributed by atoms with Crippen LogP contribution in [0.5, 0.6) is 0 Å². The van der Waals surface area contributed by atoms with E-state index in [1.807, 2.05) is 48.8 Å². The quantitative estimate of drug-likeness (QED) is 0.624. The molecule has 2 atom stereocenters. The average Bonchev–Trinajstić information content (AvgIpc) is 2.61. The Hall–Kier alpha value is -1.84. The zero-order valence-corrected chi connectivity index (χ0v) is 13.8. The van der Waals surface area contributed by atoms with Crippen molar-refractivity contribution in [3.63, 3.8) is 0 Å². The van der Waals surface area contributed by atoms with Gasteiger partial charge in [-0.3, -0.25) is 20.0 Å². The topological polar surface area (TPSA) is 50.5 Å². The van der Waals surface area contributed by atoms with Crippen molar-refractivity contribution in [1.82, 2.24) is 9.97 Å². The number of nitrogens with zero attached hydrogens (tertiary/aromatic N) is 4. The molecule has 23 heavy (non-hydrogen) atoms. The summed E-state index contributed by atoms with van der Waals surface area (Å²) in [7, 11) is 0. The summed E-state index contributed by atoms with van der Waals surface area (Å²) in [5, 5.41) is 0. The molecule has 0 N–H and O–H groups in total. The van der Waals surface area contributed by atoms with Crippen molar-refractivity contribution >= 4 is 12.4 Å². The minimum Gasteiger partial charge on any atom is -0.285 e.